The minimum Gasteiger partial charge on any atom is -0.478 e. The number of aromatic carboxylic acids is 1. The number of benzene rings is 7. The van der Waals surface area contributed by atoms with Gasteiger partial charge in [-0.3, -0.25) is 19.2 Å². The minimum absolute atomic E-state index is 0.0818. The Morgan fingerprint density at radius 2 is 0.985 bits per heavy atom. The molecule has 26 nitrogen and oxygen atoms in total. The van der Waals surface area contributed by atoms with E-state index in [2.05, 4.69) is 266 Å². The van der Waals surface area contributed by atoms with E-state index in [0.717, 1.165) is 84.7 Å². The summed E-state index contributed by atoms with van der Waals surface area (Å²) in [5, 5.41) is 45.5. The Hall–Kier alpha value is -13.2. The van der Waals surface area contributed by atoms with Crippen LogP contribution in [-0.2, 0) is 33.6 Å². The van der Waals surface area contributed by atoms with Crippen molar-refractivity contribution in [3.8, 4) is 68.8 Å². The van der Waals surface area contributed by atoms with Crippen LogP contribution in [0.15, 0.2) is 195 Å². The fourth-order valence-corrected chi connectivity index (χ4v) is 15.7. The van der Waals surface area contributed by atoms with E-state index in [1.165, 1.54) is 118 Å². The zero-order chi connectivity index (χ0) is 94.8. The van der Waals surface area contributed by atoms with Crippen molar-refractivity contribution in [1.82, 2.24) is 55.6 Å². The number of halogens is 1. The number of amidine groups is 1. The number of hydrogen-bond acceptors (Lipinski definition) is 19. The third-order valence-corrected chi connectivity index (χ3v) is 23.0. The Morgan fingerprint density at radius 1 is 0.562 bits per heavy atom. The third-order valence-electron chi connectivity index (χ3n) is 20.3. The zero-order valence-electron chi connectivity index (χ0n) is 76.9. The number of carbonyl (C=O) groups is 6. The molecule has 5 atom stereocenters. The Bertz CT molecular complexity index is 6090. The number of amides is 1. The van der Waals surface area contributed by atoms with Gasteiger partial charge in [0.1, 0.15) is 42.6 Å². The first-order valence-corrected chi connectivity index (χ1v) is 54.3. The molecule has 0 radical (unpaired) electrons. The molecule has 0 fully saturated rings. The Labute approximate surface area is 768 Å². The maximum Gasteiger partial charge on any atom is 0.381 e. The van der Waals surface area contributed by atoms with Gasteiger partial charge in [0, 0.05) is 102 Å². The van der Waals surface area contributed by atoms with Gasteiger partial charge in [-0.05, 0) is 184 Å². The van der Waals surface area contributed by atoms with Gasteiger partial charge in [0.25, 0.3) is 28.8 Å². The number of aromatic nitrogens is 9. The van der Waals surface area contributed by atoms with Crippen LogP contribution in [0.4, 0.5) is 0 Å². The summed E-state index contributed by atoms with van der Waals surface area (Å²) in [6.07, 6.45) is 16.8. The molecule has 13 aromatic rings. The number of nitrogens with one attached hydrogen (secondary N) is 4. The Balaban J connectivity index is 0.000000198. The third kappa shape index (κ3) is 31.9. The number of aldehydes is 2. The Kier molecular flexibility index (Phi) is 38.8. The average molecular weight is 1830 g/mol. The van der Waals surface area contributed by atoms with E-state index < -0.39 is 41.4 Å². The number of aryl methyl sites for hydroxylation is 3. The zero-order valence-corrected chi connectivity index (χ0v) is 80.7. The summed E-state index contributed by atoms with van der Waals surface area (Å²) < 4.78 is 15.7. The molecular weight excluding hydrogens is 1710 g/mol. The molecular formula is C100H119ClN14O12Si3. The van der Waals surface area contributed by atoms with Crippen molar-refractivity contribution in [3.63, 3.8) is 0 Å². The molecule has 2 aliphatic rings. The van der Waals surface area contributed by atoms with E-state index in [-0.39, 0.29) is 35.4 Å². The SMILES string of the molecule is C/C(N)=N\O.CCCC[C@H](N)Cc1c[nH]c2ccccc12.CCCC[C@H]1Cc2c([nH]c3ccccc23)[C@H](c2ccc(-c3nc(C)no3)cc2)N1.CCCC[C@H]1Cc2c([nH]c3ccccc23)[C@H](c2ccc(-c3nc(C)no3)cc2)N1C(=O)C#C[Si](C)(C)C.C[Si](C)(C)C#CC(=O)Cl.C[Si](C)(C)C#CC(=O)O.Cc1noc(-c2ccc(C=O)cc2)n1.O=Cc1ccc(C(=O)O)cc1. The molecule has 0 spiro atoms. The first-order chi connectivity index (χ1) is 61.9. The summed E-state index contributed by atoms with van der Waals surface area (Å²) in [7, 11) is -4.56. The highest BCUT2D eigenvalue weighted by Crippen LogP contribution is 2.43. The number of rotatable bonds is 19. The van der Waals surface area contributed by atoms with Crippen molar-refractivity contribution < 1.29 is 57.8 Å². The van der Waals surface area contributed by atoms with Crippen LogP contribution in [0.5, 0.6) is 0 Å². The lowest BCUT2D eigenvalue weighted by atomic mass is 9.86. The number of nitrogens with zero attached hydrogens (tertiary/aromatic N) is 8. The number of oxime groups is 1. The maximum atomic E-state index is 13.8. The number of H-pyrrole nitrogens is 3. The van der Waals surface area contributed by atoms with Crippen molar-refractivity contribution in [1.29, 1.82) is 0 Å². The van der Waals surface area contributed by atoms with Crippen LogP contribution in [0.25, 0.3) is 67.1 Å². The highest BCUT2D eigenvalue weighted by atomic mass is 35.5. The number of fused-ring (bicyclic) bond motifs is 7. The van der Waals surface area contributed by atoms with Crippen LogP contribution in [0, 0.1) is 55.2 Å². The number of carboxylic acid groups (broad SMARTS) is 2. The van der Waals surface area contributed by atoms with Crippen molar-refractivity contribution in [2.24, 2.45) is 16.6 Å². The van der Waals surface area contributed by atoms with Crippen LogP contribution >= 0.6 is 11.6 Å². The van der Waals surface area contributed by atoms with Gasteiger partial charge in [-0.1, -0.05) is 242 Å². The smallest absolute Gasteiger partial charge is 0.381 e. The van der Waals surface area contributed by atoms with E-state index in [1.54, 1.807) is 31.2 Å². The van der Waals surface area contributed by atoms with Crippen LogP contribution in [0.3, 0.4) is 0 Å². The fraction of sp³-hybridized carbons (Fsp3) is 0.330. The standard InChI is InChI=1S/C30H34N4O2Si.C24H26N4O.C14H20N2.C10H8N2O2.C8H6O3.C6H9ClOSi.C6H10O2Si.C2H6N2O/c1-6-7-10-23-19-25-24-11-8-9-12-26(24)32-28(25)29(34(23)27(35)17-18-37(3,4)5)21-13-15-22(16-14-21)30-31-20(2)33-36-30;1-3-4-7-18-14-20-19-8-5-6-9-21(19)27-23(20)22(26-18)16-10-12-17(13-11-16)24-25-15(2)28-29-24;1-2-3-6-12(15)9-11-10-16-14-8-5-4-7-13(11)14;1-7-11-10(14-12-7)9-4-2-8(6-13)3-5-9;9-5-6-1-3-7(4-2-6)8(10)11;2*1-9(2,3)5-4-6(7)8;1-2(3)4-5/h8-9,11-16,23,29,32H,6-7,10,19H2,1-5H3;5-6,8-13,18,22,26-27H,3-4,7,14H2,1-2H3;4-5,7-8,10,12,16H,2-3,6,9,15H2,1H3;2-6H,1H3;1-5H,(H,10,11);1-3H3;1-3H3,(H,7,8);5H,1H3,(H2,3,4)/t23-,29-;18-,22-;12-;;;;;/m000...../s1. The molecule has 8 heterocycles. The fourth-order valence-electron chi connectivity index (χ4n) is 14.1. The predicted molar refractivity (Wildman–Crippen MR) is 522 cm³/mol. The van der Waals surface area contributed by atoms with Gasteiger partial charge in [0.15, 0.2) is 17.5 Å². The molecule has 1 amide bonds. The number of aromatic amines is 3. The largest absolute Gasteiger partial charge is 0.478 e. The van der Waals surface area contributed by atoms with Gasteiger partial charge in [-0.2, -0.15) is 15.0 Å². The van der Waals surface area contributed by atoms with E-state index in [4.69, 9.17) is 52.1 Å². The molecule has 2 aliphatic heterocycles. The average Bonchev–Trinajstić information content (AvgIpc) is 1.54. The van der Waals surface area contributed by atoms with Gasteiger partial charge in [0.2, 0.25) is 0 Å². The van der Waals surface area contributed by atoms with Gasteiger partial charge < -0.3 is 65.6 Å². The molecule has 0 aliphatic carbocycles. The number of carboxylic acids is 2. The van der Waals surface area contributed by atoms with E-state index in [1.807, 2.05) is 50.5 Å². The normalized spacial score (nSPS) is 14.4. The van der Waals surface area contributed by atoms with Crippen molar-refractivity contribution in [2.45, 2.75) is 215 Å². The van der Waals surface area contributed by atoms with Crippen LogP contribution in [-0.4, -0.2) is 150 Å². The monoisotopic (exact) mass is 1830 g/mol. The summed E-state index contributed by atoms with van der Waals surface area (Å²) in [6, 6.07) is 55.6. The molecule has 0 saturated carbocycles. The molecule has 0 bridgehead atoms. The predicted octanol–water partition coefficient (Wildman–Crippen LogP) is 20.4. The van der Waals surface area contributed by atoms with E-state index >= 15 is 0 Å². The second-order valence-electron chi connectivity index (χ2n) is 34.6. The lowest BCUT2D eigenvalue weighted by Gasteiger charge is -2.41. The van der Waals surface area contributed by atoms with Gasteiger partial charge in [-0.25, -0.2) is 9.59 Å². The second kappa shape index (κ2) is 49.4. The summed E-state index contributed by atoms with van der Waals surface area (Å²) in [5.41, 5.74) is 36.0. The van der Waals surface area contributed by atoms with Gasteiger partial charge >= 0.3 is 11.9 Å². The summed E-state index contributed by atoms with van der Waals surface area (Å²) >= 11 is 4.99. The molecule has 130 heavy (non-hydrogen) atoms. The van der Waals surface area contributed by atoms with E-state index in [0.29, 0.717) is 64.6 Å². The van der Waals surface area contributed by atoms with Crippen molar-refractivity contribution >= 4 is 110 Å². The van der Waals surface area contributed by atoms with Crippen molar-refractivity contribution in [2.75, 3.05) is 0 Å². The Morgan fingerprint density at radius 3 is 1.41 bits per heavy atom. The molecule has 0 unspecified atom stereocenters. The van der Waals surface area contributed by atoms with Crippen LogP contribution in [0.1, 0.15) is 185 Å². The lowest BCUT2D eigenvalue weighted by Crippen LogP contribution is -2.47. The topological polar surface area (TPSA) is 407 Å². The first kappa shape index (κ1) is 102. The maximum absolute atomic E-state index is 13.8. The minimum atomic E-state index is -1.71. The molecule has 6 aromatic heterocycles. The molecule has 0 saturated heterocycles. The van der Waals surface area contributed by atoms with E-state index in [9.17, 15) is 28.8 Å². The highest BCUT2D eigenvalue weighted by Gasteiger charge is 2.40. The second-order valence-corrected chi connectivity index (χ2v) is 49.2. The van der Waals surface area contributed by atoms with Crippen LogP contribution in [0.2, 0.25) is 58.9 Å². The molecule has 7 aromatic carbocycles. The summed E-state index contributed by atoms with van der Waals surface area (Å²) in [5.74, 6) is 8.96. The number of carbonyl (C=O) groups excluding carboxylic acids is 4. The number of nitrogens with two attached hydrogens (primary N) is 2. The molecule has 15 rings (SSSR count). The molecule has 680 valence electrons. The lowest BCUT2D eigenvalue weighted by molar-refractivity contribution is -0.131. The van der Waals surface area contributed by atoms with Gasteiger partial charge in [-0.15, -0.1) is 16.6 Å². The molecule has 30 heteroatoms. The number of hydrogen-bond donors (Lipinski definition) is 9. The summed E-state index contributed by atoms with van der Waals surface area (Å²) in [4.78, 5) is 90.2. The number of unbranched alkanes of at least 4 members (excludes halogenated alkanes) is 3. The highest BCUT2D eigenvalue weighted by molar-refractivity contribution is 6.85. The van der Waals surface area contributed by atoms with Gasteiger partial charge in [0.05, 0.1) is 17.6 Å². The van der Waals surface area contributed by atoms with Crippen LogP contribution < -0.4 is 16.8 Å². The quantitative estimate of drug-likeness (QED) is 0.00530. The van der Waals surface area contributed by atoms with Crippen molar-refractivity contribution in [3.05, 3.63) is 249 Å². The first-order valence-electron chi connectivity index (χ1n) is 43.4. The number of para-hydroxylation sites is 3. The number of aliphatic carboxylic acids is 1. The summed E-state index contributed by atoms with van der Waals surface area (Å²) in [6.45, 7) is 32.3. The molecule has 11 N–H and O–H groups in total.